The van der Waals surface area contributed by atoms with Crippen molar-refractivity contribution < 1.29 is 4.74 Å². The van der Waals surface area contributed by atoms with Crippen LogP contribution in [0.4, 0.5) is 0 Å². The molecule has 0 spiro atoms. The summed E-state index contributed by atoms with van der Waals surface area (Å²) < 4.78 is 6.00. The molecule has 0 amide bonds. The van der Waals surface area contributed by atoms with E-state index in [0.717, 1.165) is 12.2 Å². The number of aromatic nitrogens is 1. The molecule has 2 unspecified atom stereocenters. The zero-order valence-electron chi connectivity index (χ0n) is 12.1. The molecule has 0 aliphatic heterocycles. The summed E-state index contributed by atoms with van der Waals surface area (Å²) in [6.45, 7) is 4.88. The Kier molecular flexibility index (Phi) is 5.34. The molecular formula is C16H26N2O. The lowest BCUT2D eigenvalue weighted by Gasteiger charge is -2.34. The van der Waals surface area contributed by atoms with Crippen molar-refractivity contribution in [2.45, 2.75) is 58.1 Å². The van der Waals surface area contributed by atoms with E-state index in [1.54, 1.807) is 0 Å². The molecule has 1 heterocycles. The molecule has 1 aromatic rings. The van der Waals surface area contributed by atoms with Crippen LogP contribution < -0.4 is 5.73 Å². The minimum atomic E-state index is -0.0586. The van der Waals surface area contributed by atoms with Gasteiger partial charge in [-0.3, -0.25) is 4.98 Å². The number of hydrogen-bond acceptors (Lipinski definition) is 3. The molecule has 2 N–H and O–H groups in total. The largest absolute Gasteiger partial charge is 0.376 e. The van der Waals surface area contributed by atoms with E-state index in [-0.39, 0.29) is 12.1 Å². The van der Waals surface area contributed by atoms with E-state index < -0.39 is 0 Å². The molecule has 1 saturated carbocycles. The van der Waals surface area contributed by atoms with Gasteiger partial charge in [0.05, 0.1) is 12.1 Å². The van der Waals surface area contributed by atoms with Crippen molar-refractivity contribution in [3.63, 3.8) is 0 Å². The van der Waals surface area contributed by atoms with Gasteiger partial charge >= 0.3 is 0 Å². The third kappa shape index (κ3) is 3.54. The van der Waals surface area contributed by atoms with Gasteiger partial charge in [0.25, 0.3) is 0 Å². The van der Waals surface area contributed by atoms with Crippen LogP contribution in [0, 0.1) is 12.8 Å². The number of aryl methyl sites for hydroxylation is 1. The Bertz CT molecular complexity index is 388. The maximum atomic E-state index is 6.49. The normalized spacial score (nSPS) is 20.2. The lowest BCUT2D eigenvalue weighted by molar-refractivity contribution is -0.0100. The van der Waals surface area contributed by atoms with E-state index >= 15 is 0 Å². The van der Waals surface area contributed by atoms with E-state index in [4.69, 9.17) is 10.5 Å². The Labute approximate surface area is 116 Å². The zero-order chi connectivity index (χ0) is 13.7. The summed E-state index contributed by atoms with van der Waals surface area (Å²) in [5.41, 5.74) is 8.83. The highest BCUT2D eigenvalue weighted by molar-refractivity contribution is 5.26. The van der Waals surface area contributed by atoms with Gasteiger partial charge in [-0.1, -0.05) is 19.3 Å². The lowest BCUT2D eigenvalue weighted by Crippen LogP contribution is -2.37. The van der Waals surface area contributed by atoms with E-state index in [0.29, 0.717) is 5.92 Å². The topological polar surface area (TPSA) is 48.1 Å². The third-order valence-corrected chi connectivity index (χ3v) is 4.27. The molecule has 1 aliphatic rings. The van der Waals surface area contributed by atoms with E-state index in [2.05, 4.69) is 18.8 Å². The second-order valence-electron chi connectivity index (χ2n) is 5.58. The van der Waals surface area contributed by atoms with E-state index in [9.17, 15) is 0 Å². The van der Waals surface area contributed by atoms with E-state index in [1.165, 1.54) is 37.7 Å². The average Bonchev–Trinajstić information content (AvgIpc) is 2.45. The van der Waals surface area contributed by atoms with Crippen molar-refractivity contribution >= 4 is 0 Å². The van der Waals surface area contributed by atoms with Crippen molar-refractivity contribution in [1.82, 2.24) is 4.98 Å². The second-order valence-corrected chi connectivity index (χ2v) is 5.58. The predicted molar refractivity (Wildman–Crippen MR) is 77.9 cm³/mol. The standard InChI is InChI=1S/C16H26N2O/c1-3-19-16(13-7-5-4-6-8-13)15(17)14-11-18-10-9-12(14)2/h9-11,13,15-16H,3-8,17H2,1-2H3. The minimum absolute atomic E-state index is 0.0586. The van der Waals surface area contributed by atoms with Gasteiger partial charge in [0.1, 0.15) is 0 Å². The number of pyridine rings is 1. The number of rotatable bonds is 5. The molecule has 0 saturated heterocycles. The zero-order valence-corrected chi connectivity index (χ0v) is 12.1. The number of nitrogens with zero attached hydrogens (tertiary/aromatic N) is 1. The fourth-order valence-electron chi connectivity index (χ4n) is 3.19. The van der Waals surface area contributed by atoms with Crippen LogP contribution in [-0.4, -0.2) is 17.7 Å². The fourth-order valence-corrected chi connectivity index (χ4v) is 3.19. The van der Waals surface area contributed by atoms with Crippen LogP contribution in [0.3, 0.4) is 0 Å². The quantitative estimate of drug-likeness (QED) is 0.885. The van der Waals surface area contributed by atoms with Crippen molar-refractivity contribution in [2.24, 2.45) is 11.7 Å². The summed E-state index contributed by atoms with van der Waals surface area (Å²) in [4.78, 5) is 4.22. The highest BCUT2D eigenvalue weighted by atomic mass is 16.5. The first-order valence-electron chi connectivity index (χ1n) is 7.51. The van der Waals surface area contributed by atoms with Gasteiger partial charge < -0.3 is 10.5 Å². The summed E-state index contributed by atoms with van der Waals surface area (Å²) in [6, 6.07) is 1.97. The van der Waals surface area contributed by atoms with Crippen LogP contribution in [0.2, 0.25) is 0 Å². The van der Waals surface area contributed by atoms with Crippen LogP contribution in [0.25, 0.3) is 0 Å². The van der Waals surface area contributed by atoms with Crippen LogP contribution >= 0.6 is 0 Å². The molecule has 106 valence electrons. The van der Waals surface area contributed by atoms with Crippen molar-refractivity contribution in [1.29, 1.82) is 0 Å². The Morgan fingerprint density at radius 1 is 1.37 bits per heavy atom. The molecule has 2 rings (SSSR count). The molecule has 0 bridgehead atoms. The van der Waals surface area contributed by atoms with Gasteiger partial charge in [0.15, 0.2) is 0 Å². The molecule has 0 aromatic carbocycles. The minimum Gasteiger partial charge on any atom is -0.376 e. The van der Waals surface area contributed by atoms with Gasteiger partial charge in [-0.15, -0.1) is 0 Å². The third-order valence-electron chi connectivity index (χ3n) is 4.27. The highest BCUT2D eigenvalue weighted by Gasteiger charge is 2.30. The predicted octanol–water partition coefficient (Wildman–Crippen LogP) is 3.38. The van der Waals surface area contributed by atoms with E-state index in [1.807, 2.05) is 18.5 Å². The first kappa shape index (κ1) is 14.5. The van der Waals surface area contributed by atoms with Crippen molar-refractivity contribution in [2.75, 3.05) is 6.61 Å². The van der Waals surface area contributed by atoms with Crippen LogP contribution in [0.1, 0.15) is 56.2 Å². The summed E-state index contributed by atoms with van der Waals surface area (Å²) in [5.74, 6) is 0.600. The van der Waals surface area contributed by atoms with Gasteiger partial charge in [0, 0.05) is 19.0 Å². The summed E-state index contributed by atoms with van der Waals surface area (Å²) in [5, 5.41) is 0. The molecule has 1 fully saturated rings. The molecule has 0 radical (unpaired) electrons. The van der Waals surface area contributed by atoms with Crippen LogP contribution in [0.5, 0.6) is 0 Å². The van der Waals surface area contributed by atoms with Gasteiger partial charge in [-0.2, -0.15) is 0 Å². The molecule has 3 nitrogen and oxygen atoms in total. The molecular weight excluding hydrogens is 236 g/mol. The smallest absolute Gasteiger partial charge is 0.0796 e. The first-order valence-corrected chi connectivity index (χ1v) is 7.51. The average molecular weight is 262 g/mol. The summed E-state index contributed by atoms with van der Waals surface area (Å²) >= 11 is 0. The second kappa shape index (κ2) is 7.01. The lowest BCUT2D eigenvalue weighted by atomic mass is 9.81. The maximum absolute atomic E-state index is 6.49. The highest BCUT2D eigenvalue weighted by Crippen LogP contribution is 2.33. The Morgan fingerprint density at radius 3 is 2.74 bits per heavy atom. The summed E-state index contributed by atoms with van der Waals surface area (Å²) in [7, 11) is 0. The maximum Gasteiger partial charge on any atom is 0.0796 e. The summed E-state index contributed by atoms with van der Waals surface area (Å²) in [6.07, 6.45) is 10.3. The van der Waals surface area contributed by atoms with Crippen molar-refractivity contribution in [3.8, 4) is 0 Å². The molecule has 2 atom stereocenters. The molecule has 1 aliphatic carbocycles. The number of ether oxygens (including phenoxy) is 1. The Hall–Kier alpha value is -0.930. The molecule has 19 heavy (non-hydrogen) atoms. The number of nitrogens with two attached hydrogens (primary N) is 1. The van der Waals surface area contributed by atoms with Crippen LogP contribution in [0.15, 0.2) is 18.5 Å². The Morgan fingerprint density at radius 2 is 2.11 bits per heavy atom. The van der Waals surface area contributed by atoms with Gasteiger partial charge in [-0.05, 0) is 49.8 Å². The monoisotopic (exact) mass is 262 g/mol. The van der Waals surface area contributed by atoms with Crippen LogP contribution in [-0.2, 0) is 4.74 Å². The van der Waals surface area contributed by atoms with Gasteiger partial charge in [-0.25, -0.2) is 0 Å². The SMILES string of the molecule is CCOC(C1CCCCC1)C(N)c1cnccc1C. The van der Waals surface area contributed by atoms with Gasteiger partial charge in [0.2, 0.25) is 0 Å². The first-order chi connectivity index (χ1) is 9.24. The molecule has 1 aromatic heterocycles. The number of hydrogen-bond donors (Lipinski definition) is 1. The fraction of sp³-hybridized carbons (Fsp3) is 0.688. The Balaban J connectivity index is 2.15. The molecule has 3 heteroatoms. The van der Waals surface area contributed by atoms with Crippen molar-refractivity contribution in [3.05, 3.63) is 29.6 Å².